The fourth-order valence-electron chi connectivity index (χ4n) is 0.467. The molecule has 0 aliphatic heterocycles. The highest BCUT2D eigenvalue weighted by atomic mass is 19.4. The van der Waals surface area contributed by atoms with Gasteiger partial charge in [0.1, 0.15) is 0 Å². The molecule has 0 fully saturated rings. The quantitative estimate of drug-likeness (QED) is 0.678. The van der Waals surface area contributed by atoms with E-state index in [4.69, 9.17) is 5.11 Å². The van der Waals surface area contributed by atoms with Gasteiger partial charge in [-0.1, -0.05) is 0 Å². The number of nitrogens with one attached hydrogen (secondary N) is 1. The van der Waals surface area contributed by atoms with Crippen molar-refractivity contribution in [3.63, 3.8) is 0 Å². The molecule has 0 heterocycles. The van der Waals surface area contributed by atoms with Gasteiger partial charge in [-0.25, -0.2) is 0 Å². The lowest BCUT2D eigenvalue weighted by atomic mass is 10.3. The zero-order valence-electron chi connectivity index (χ0n) is 6.83. The van der Waals surface area contributed by atoms with Gasteiger partial charge in [0.25, 0.3) is 0 Å². The van der Waals surface area contributed by atoms with Crippen LogP contribution < -0.4 is 5.32 Å². The van der Waals surface area contributed by atoms with E-state index in [1.54, 1.807) is 0 Å². The van der Waals surface area contributed by atoms with Crippen molar-refractivity contribution in [1.29, 1.82) is 0 Å². The zero-order chi connectivity index (χ0) is 10.7. The Hall–Kier alpha value is -0.430. The number of aliphatic hydroxyl groups excluding tert-OH is 1. The number of rotatable bonds is 4. The number of hydrogen-bond acceptors (Lipinski definition) is 2. The van der Waals surface area contributed by atoms with E-state index < -0.39 is 31.3 Å². The van der Waals surface area contributed by atoms with Crippen LogP contribution in [0, 0.1) is 0 Å². The first-order valence-electron chi connectivity index (χ1n) is 3.49. The summed E-state index contributed by atoms with van der Waals surface area (Å²) < 4.78 is 58.9. The molecule has 0 rings (SSSR count). The lowest BCUT2D eigenvalue weighted by Crippen LogP contribution is -2.48. The van der Waals surface area contributed by atoms with E-state index >= 15 is 0 Å². The predicted octanol–water partition coefficient (Wildman–Crippen LogP) is 1.15. The van der Waals surface area contributed by atoms with Gasteiger partial charge in [0, 0.05) is 6.04 Å². The molecule has 0 saturated carbocycles. The van der Waals surface area contributed by atoms with Crippen molar-refractivity contribution in [2.24, 2.45) is 0 Å². The molecule has 0 radical (unpaired) electrons. The highest BCUT2D eigenvalue weighted by Gasteiger charge is 2.57. The zero-order valence-corrected chi connectivity index (χ0v) is 6.83. The molecule has 13 heavy (non-hydrogen) atoms. The van der Waals surface area contributed by atoms with Gasteiger partial charge in [0.05, 0.1) is 13.2 Å². The van der Waals surface area contributed by atoms with Crippen LogP contribution in [0.25, 0.3) is 0 Å². The average Bonchev–Trinajstić information content (AvgIpc) is 1.98. The van der Waals surface area contributed by atoms with Crippen LogP contribution in [-0.2, 0) is 0 Å². The molecule has 0 aromatic heterocycles. The van der Waals surface area contributed by atoms with E-state index in [9.17, 15) is 22.0 Å². The Morgan fingerprint density at radius 3 is 2.00 bits per heavy atom. The summed E-state index contributed by atoms with van der Waals surface area (Å²) in [6.07, 6.45) is -5.55. The average molecular weight is 207 g/mol. The van der Waals surface area contributed by atoms with Gasteiger partial charge in [0.2, 0.25) is 0 Å². The van der Waals surface area contributed by atoms with Crippen LogP contribution in [-0.4, -0.2) is 36.4 Å². The first-order chi connectivity index (χ1) is 5.70. The summed E-state index contributed by atoms with van der Waals surface area (Å²) in [6, 6.07) is -0.784. The normalized spacial score (nSPS) is 15.9. The molecule has 0 amide bonds. The van der Waals surface area contributed by atoms with Gasteiger partial charge in [-0.2, -0.15) is 22.0 Å². The molecule has 0 bridgehead atoms. The smallest absolute Gasteiger partial charge is 0.395 e. The molecule has 0 aliphatic rings. The Labute approximate surface area is 71.7 Å². The van der Waals surface area contributed by atoms with E-state index in [-0.39, 0.29) is 0 Å². The van der Waals surface area contributed by atoms with Gasteiger partial charge in [-0.3, -0.25) is 0 Å². The van der Waals surface area contributed by atoms with E-state index in [2.05, 4.69) is 0 Å². The monoisotopic (exact) mass is 207 g/mol. The third-order valence-electron chi connectivity index (χ3n) is 1.36. The molecular formula is C6H10F5NO. The fraction of sp³-hybridized carbons (Fsp3) is 1.00. The second-order valence-corrected chi connectivity index (χ2v) is 2.67. The Morgan fingerprint density at radius 1 is 1.23 bits per heavy atom. The molecule has 0 spiro atoms. The van der Waals surface area contributed by atoms with Crippen LogP contribution in [0.5, 0.6) is 0 Å². The van der Waals surface area contributed by atoms with Gasteiger partial charge < -0.3 is 10.4 Å². The SMILES string of the molecule is CC(CO)NCC(F)(F)C(F)(F)F. The van der Waals surface area contributed by atoms with E-state index in [1.807, 2.05) is 5.32 Å². The third kappa shape index (κ3) is 3.86. The van der Waals surface area contributed by atoms with E-state index in [1.165, 1.54) is 6.92 Å². The Bertz CT molecular complexity index is 158. The summed E-state index contributed by atoms with van der Waals surface area (Å²) in [5, 5.41) is 10.2. The Morgan fingerprint density at radius 2 is 1.69 bits per heavy atom. The summed E-state index contributed by atoms with van der Waals surface area (Å²) in [5.74, 6) is -4.75. The molecule has 80 valence electrons. The highest BCUT2D eigenvalue weighted by molar-refractivity contribution is 4.79. The maximum Gasteiger partial charge on any atom is 0.454 e. The lowest BCUT2D eigenvalue weighted by Gasteiger charge is -2.21. The number of aliphatic hydroxyl groups is 1. The minimum atomic E-state index is -5.55. The van der Waals surface area contributed by atoms with Crippen molar-refractivity contribution in [3.8, 4) is 0 Å². The first-order valence-corrected chi connectivity index (χ1v) is 3.49. The Kier molecular flexibility index (Phi) is 4.05. The van der Waals surface area contributed by atoms with E-state index in [0.717, 1.165) is 0 Å². The summed E-state index contributed by atoms with van der Waals surface area (Å²) in [6.45, 7) is -0.710. The van der Waals surface area contributed by atoms with Crippen molar-refractivity contribution in [3.05, 3.63) is 0 Å². The number of hydrogen-bond donors (Lipinski definition) is 2. The largest absolute Gasteiger partial charge is 0.454 e. The summed E-state index contributed by atoms with van der Waals surface area (Å²) >= 11 is 0. The topological polar surface area (TPSA) is 32.3 Å². The molecule has 0 aromatic rings. The molecule has 0 aliphatic carbocycles. The standard InChI is InChI=1S/C6H10F5NO/c1-4(2-13)12-3-5(7,8)6(9,10)11/h4,12-13H,2-3H2,1H3. The Balaban J connectivity index is 4.04. The van der Waals surface area contributed by atoms with Crippen molar-refractivity contribution >= 4 is 0 Å². The minimum Gasteiger partial charge on any atom is -0.395 e. The molecule has 1 unspecified atom stereocenters. The van der Waals surface area contributed by atoms with Crippen LogP contribution in [0.1, 0.15) is 6.92 Å². The fourth-order valence-corrected chi connectivity index (χ4v) is 0.467. The van der Waals surface area contributed by atoms with Crippen LogP contribution in [0.15, 0.2) is 0 Å². The molecule has 2 N–H and O–H groups in total. The third-order valence-corrected chi connectivity index (χ3v) is 1.36. The molecule has 0 aromatic carbocycles. The van der Waals surface area contributed by atoms with Crippen molar-refractivity contribution in [2.45, 2.75) is 25.1 Å². The van der Waals surface area contributed by atoms with Crippen LogP contribution in [0.2, 0.25) is 0 Å². The van der Waals surface area contributed by atoms with Gasteiger partial charge >= 0.3 is 12.1 Å². The second-order valence-electron chi connectivity index (χ2n) is 2.67. The maximum atomic E-state index is 12.2. The van der Waals surface area contributed by atoms with Gasteiger partial charge in [0.15, 0.2) is 0 Å². The lowest BCUT2D eigenvalue weighted by molar-refractivity contribution is -0.279. The number of halogens is 5. The molecule has 7 heteroatoms. The van der Waals surface area contributed by atoms with Crippen molar-refractivity contribution in [1.82, 2.24) is 5.32 Å². The molecule has 2 nitrogen and oxygen atoms in total. The van der Waals surface area contributed by atoms with E-state index in [0.29, 0.717) is 0 Å². The van der Waals surface area contributed by atoms with Crippen molar-refractivity contribution in [2.75, 3.05) is 13.2 Å². The maximum absolute atomic E-state index is 12.2. The van der Waals surface area contributed by atoms with Crippen molar-refractivity contribution < 1.29 is 27.1 Å². The number of alkyl halides is 5. The molecule has 1 atom stereocenters. The molecular weight excluding hydrogens is 197 g/mol. The van der Waals surface area contributed by atoms with Crippen LogP contribution in [0.4, 0.5) is 22.0 Å². The first kappa shape index (κ1) is 12.6. The second kappa shape index (κ2) is 4.19. The van der Waals surface area contributed by atoms with Crippen LogP contribution >= 0.6 is 0 Å². The summed E-state index contributed by atoms with van der Waals surface area (Å²) in [7, 11) is 0. The predicted molar refractivity (Wildman–Crippen MR) is 35.6 cm³/mol. The van der Waals surface area contributed by atoms with Gasteiger partial charge in [-0.15, -0.1) is 0 Å². The summed E-state index contributed by atoms with van der Waals surface area (Å²) in [4.78, 5) is 0. The minimum absolute atomic E-state index is 0.492. The summed E-state index contributed by atoms with van der Waals surface area (Å²) in [5.41, 5.74) is 0. The van der Waals surface area contributed by atoms with Crippen LogP contribution in [0.3, 0.4) is 0 Å². The molecule has 0 saturated heterocycles. The highest BCUT2D eigenvalue weighted by Crippen LogP contribution is 2.34. The van der Waals surface area contributed by atoms with Gasteiger partial charge in [-0.05, 0) is 6.92 Å².